The number of cyclic esters (lactones) is 1. The van der Waals surface area contributed by atoms with Crippen LogP contribution in [-0.4, -0.2) is 36.1 Å². The molecular weight excluding hydrogens is 208 g/mol. The molecule has 2 amide bonds. The Labute approximate surface area is 93.2 Å². The number of nitrogens with zero attached hydrogens (tertiary/aromatic N) is 2. The molecule has 1 aromatic carbocycles. The highest BCUT2D eigenvalue weighted by atomic mass is 16.6. The van der Waals surface area contributed by atoms with Gasteiger partial charge in [0.25, 0.3) is 5.91 Å². The van der Waals surface area contributed by atoms with E-state index >= 15 is 0 Å². The molecule has 1 unspecified atom stereocenters. The van der Waals surface area contributed by atoms with Crippen molar-refractivity contribution in [3.05, 3.63) is 35.9 Å². The van der Waals surface area contributed by atoms with Crippen LogP contribution in [0.25, 0.3) is 0 Å². The number of hydrogen-bond acceptors (Lipinski definition) is 4. The summed E-state index contributed by atoms with van der Waals surface area (Å²) in [6.45, 7) is 0. The minimum absolute atomic E-state index is 0.360. The fourth-order valence-corrected chi connectivity index (χ4v) is 1.60. The van der Waals surface area contributed by atoms with Crippen LogP contribution in [0.5, 0.6) is 0 Å². The zero-order chi connectivity index (χ0) is 11.7. The summed E-state index contributed by atoms with van der Waals surface area (Å²) in [5, 5.41) is 2.39. The Balaban J connectivity index is 2.28. The lowest BCUT2D eigenvalue weighted by Crippen LogP contribution is -2.41. The van der Waals surface area contributed by atoms with Gasteiger partial charge < -0.3 is 4.74 Å². The van der Waals surface area contributed by atoms with Gasteiger partial charge in [0.1, 0.15) is 0 Å². The average molecular weight is 220 g/mol. The number of amides is 2. The number of benzene rings is 1. The van der Waals surface area contributed by atoms with Crippen LogP contribution in [0.15, 0.2) is 30.3 Å². The monoisotopic (exact) mass is 220 g/mol. The first-order chi connectivity index (χ1) is 7.61. The number of imide groups is 1. The van der Waals surface area contributed by atoms with Crippen LogP contribution in [0.3, 0.4) is 0 Å². The first kappa shape index (κ1) is 10.6. The van der Waals surface area contributed by atoms with Crippen LogP contribution >= 0.6 is 0 Å². The first-order valence-electron chi connectivity index (χ1n) is 4.88. The van der Waals surface area contributed by atoms with Crippen molar-refractivity contribution in [3.8, 4) is 0 Å². The Bertz CT molecular complexity index is 416. The van der Waals surface area contributed by atoms with Gasteiger partial charge in [0.2, 0.25) is 6.10 Å². The lowest BCUT2D eigenvalue weighted by molar-refractivity contribution is -0.137. The summed E-state index contributed by atoms with van der Waals surface area (Å²) in [7, 11) is 3.24. The van der Waals surface area contributed by atoms with Crippen molar-refractivity contribution in [2.75, 3.05) is 14.1 Å². The standard InChI is InChI=1S/C11H12N2O3/c1-12(2)13-10(14)9(16-11(13)15)8-6-4-3-5-7-8/h3-7,9H,1-2H3. The molecule has 0 saturated carbocycles. The maximum Gasteiger partial charge on any atom is 0.432 e. The second-order valence-electron chi connectivity index (χ2n) is 3.67. The van der Waals surface area contributed by atoms with Gasteiger partial charge in [-0.15, -0.1) is 0 Å². The minimum atomic E-state index is -0.823. The van der Waals surface area contributed by atoms with Crippen LogP contribution in [-0.2, 0) is 9.53 Å². The summed E-state index contributed by atoms with van der Waals surface area (Å²) in [4.78, 5) is 23.3. The number of ether oxygens (including phenoxy) is 1. The molecule has 5 heteroatoms. The second-order valence-corrected chi connectivity index (χ2v) is 3.67. The Kier molecular flexibility index (Phi) is 2.62. The fourth-order valence-electron chi connectivity index (χ4n) is 1.60. The van der Waals surface area contributed by atoms with Gasteiger partial charge in [0.05, 0.1) is 0 Å². The normalized spacial score (nSPS) is 20.4. The van der Waals surface area contributed by atoms with Crippen molar-refractivity contribution < 1.29 is 14.3 Å². The van der Waals surface area contributed by atoms with Crippen LogP contribution in [0, 0.1) is 0 Å². The number of hydrogen-bond donors (Lipinski definition) is 0. The van der Waals surface area contributed by atoms with E-state index in [1.54, 1.807) is 38.4 Å². The molecule has 1 aromatic rings. The summed E-state index contributed by atoms with van der Waals surface area (Å²) in [5.41, 5.74) is 0.685. The maximum absolute atomic E-state index is 11.9. The third kappa shape index (κ3) is 1.65. The van der Waals surface area contributed by atoms with E-state index in [4.69, 9.17) is 4.74 Å². The van der Waals surface area contributed by atoms with E-state index in [2.05, 4.69) is 0 Å². The van der Waals surface area contributed by atoms with Crippen molar-refractivity contribution in [1.82, 2.24) is 10.0 Å². The molecule has 5 nitrogen and oxygen atoms in total. The molecule has 0 spiro atoms. The lowest BCUT2D eigenvalue weighted by Gasteiger charge is -2.18. The Morgan fingerprint density at radius 2 is 1.81 bits per heavy atom. The maximum atomic E-state index is 11.9. The fraction of sp³-hybridized carbons (Fsp3) is 0.273. The lowest BCUT2D eigenvalue weighted by atomic mass is 10.1. The molecule has 0 aliphatic carbocycles. The van der Waals surface area contributed by atoms with Gasteiger partial charge >= 0.3 is 6.09 Å². The summed E-state index contributed by atoms with van der Waals surface area (Å²) in [5.74, 6) is -0.360. The number of carbonyl (C=O) groups is 2. The van der Waals surface area contributed by atoms with Gasteiger partial charge in [-0.3, -0.25) is 4.79 Å². The van der Waals surface area contributed by atoms with Crippen LogP contribution in [0.4, 0.5) is 4.79 Å². The van der Waals surface area contributed by atoms with E-state index in [1.807, 2.05) is 6.07 Å². The molecule has 1 saturated heterocycles. The molecule has 84 valence electrons. The Hall–Kier alpha value is -1.88. The molecular formula is C11H12N2O3. The molecule has 0 N–H and O–H groups in total. The van der Waals surface area contributed by atoms with Crippen LogP contribution < -0.4 is 0 Å². The topological polar surface area (TPSA) is 49.9 Å². The summed E-state index contributed by atoms with van der Waals surface area (Å²) < 4.78 is 5.03. The zero-order valence-electron chi connectivity index (χ0n) is 9.08. The second kappa shape index (κ2) is 3.94. The molecule has 1 atom stereocenters. The van der Waals surface area contributed by atoms with Gasteiger partial charge in [-0.2, -0.15) is 5.01 Å². The van der Waals surface area contributed by atoms with E-state index in [0.717, 1.165) is 5.01 Å². The summed E-state index contributed by atoms with van der Waals surface area (Å²) in [6, 6.07) is 8.96. The summed E-state index contributed by atoms with van der Waals surface area (Å²) in [6.07, 6.45) is -1.46. The predicted molar refractivity (Wildman–Crippen MR) is 56.2 cm³/mol. The molecule has 0 radical (unpaired) electrons. The zero-order valence-corrected chi connectivity index (χ0v) is 9.08. The van der Waals surface area contributed by atoms with Crippen LogP contribution in [0.2, 0.25) is 0 Å². The SMILES string of the molecule is CN(C)N1C(=O)OC(c2ccccc2)C1=O. The van der Waals surface area contributed by atoms with Gasteiger partial charge in [0, 0.05) is 19.7 Å². The molecule has 2 rings (SSSR count). The predicted octanol–water partition coefficient (Wildman–Crippen LogP) is 1.18. The van der Waals surface area contributed by atoms with Crippen LogP contribution in [0.1, 0.15) is 11.7 Å². The molecule has 16 heavy (non-hydrogen) atoms. The first-order valence-corrected chi connectivity index (χ1v) is 4.88. The van der Waals surface area contributed by atoms with E-state index in [9.17, 15) is 9.59 Å². The smallest absolute Gasteiger partial charge is 0.430 e. The quantitative estimate of drug-likeness (QED) is 0.751. The van der Waals surface area contributed by atoms with Gasteiger partial charge in [0.15, 0.2) is 0 Å². The highest BCUT2D eigenvalue weighted by Crippen LogP contribution is 2.27. The van der Waals surface area contributed by atoms with Crippen molar-refractivity contribution in [2.24, 2.45) is 0 Å². The van der Waals surface area contributed by atoms with Gasteiger partial charge in [-0.05, 0) is 0 Å². The molecule has 1 heterocycles. The summed E-state index contributed by atoms with van der Waals surface area (Å²) >= 11 is 0. The Morgan fingerprint density at radius 3 is 2.31 bits per heavy atom. The van der Waals surface area contributed by atoms with Crippen molar-refractivity contribution in [3.63, 3.8) is 0 Å². The number of hydrazine groups is 1. The van der Waals surface area contributed by atoms with E-state index in [-0.39, 0.29) is 5.91 Å². The van der Waals surface area contributed by atoms with E-state index < -0.39 is 12.2 Å². The molecule has 1 aliphatic heterocycles. The van der Waals surface area contributed by atoms with Gasteiger partial charge in [-0.25, -0.2) is 9.80 Å². The van der Waals surface area contributed by atoms with E-state index in [1.165, 1.54) is 5.01 Å². The highest BCUT2D eigenvalue weighted by molar-refractivity contribution is 5.99. The third-order valence-electron chi connectivity index (χ3n) is 2.33. The molecule has 1 aliphatic rings. The van der Waals surface area contributed by atoms with E-state index in [0.29, 0.717) is 5.56 Å². The highest BCUT2D eigenvalue weighted by Gasteiger charge is 2.42. The van der Waals surface area contributed by atoms with Crippen molar-refractivity contribution in [2.45, 2.75) is 6.10 Å². The van der Waals surface area contributed by atoms with Crippen molar-refractivity contribution >= 4 is 12.0 Å². The third-order valence-corrected chi connectivity index (χ3v) is 2.33. The van der Waals surface area contributed by atoms with Gasteiger partial charge in [-0.1, -0.05) is 30.3 Å². The molecule has 0 bridgehead atoms. The number of carbonyl (C=O) groups excluding carboxylic acids is 2. The van der Waals surface area contributed by atoms with Crippen molar-refractivity contribution in [1.29, 1.82) is 0 Å². The average Bonchev–Trinajstić information content (AvgIpc) is 2.55. The molecule has 1 fully saturated rings. The largest absolute Gasteiger partial charge is 0.432 e. The number of rotatable bonds is 2. The minimum Gasteiger partial charge on any atom is -0.430 e. The Morgan fingerprint density at radius 1 is 1.19 bits per heavy atom. The molecule has 0 aromatic heterocycles.